The van der Waals surface area contributed by atoms with Crippen molar-refractivity contribution in [3.8, 4) is 11.5 Å². The van der Waals surface area contributed by atoms with E-state index in [-0.39, 0.29) is 19.0 Å². The Bertz CT molecular complexity index is 780. The number of nitrogens with zero attached hydrogens (tertiary/aromatic N) is 2. The summed E-state index contributed by atoms with van der Waals surface area (Å²) in [6.45, 7) is 0.131. The van der Waals surface area contributed by atoms with E-state index in [1.165, 1.54) is 24.3 Å². The van der Waals surface area contributed by atoms with Crippen LogP contribution in [-0.4, -0.2) is 34.4 Å². The number of fused-ring (bicyclic) bond motifs is 1. The molecule has 3 aromatic rings. The number of hydrogen-bond donors (Lipinski definition) is 1. The predicted molar refractivity (Wildman–Crippen MR) is 82.9 cm³/mol. The molecular formula is C17H15FN2O3. The molecule has 118 valence electrons. The molecule has 0 saturated heterocycles. The van der Waals surface area contributed by atoms with Gasteiger partial charge in [0.2, 0.25) is 0 Å². The third-order valence-electron chi connectivity index (χ3n) is 3.14. The van der Waals surface area contributed by atoms with Crippen LogP contribution in [0.2, 0.25) is 0 Å². The van der Waals surface area contributed by atoms with Crippen molar-refractivity contribution < 1.29 is 19.0 Å². The van der Waals surface area contributed by atoms with E-state index >= 15 is 0 Å². The molecule has 0 radical (unpaired) electrons. The third-order valence-corrected chi connectivity index (χ3v) is 3.14. The Morgan fingerprint density at radius 1 is 0.870 bits per heavy atom. The number of benzene rings is 2. The van der Waals surface area contributed by atoms with Gasteiger partial charge >= 0.3 is 0 Å². The van der Waals surface area contributed by atoms with E-state index in [1.54, 1.807) is 30.6 Å². The Morgan fingerprint density at radius 2 is 1.48 bits per heavy atom. The maximum atomic E-state index is 12.8. The zero-order valence-corrected chi connectivity index (χ0v) is 12.2. The minimum Gasteiger partial charge on any atom is -0.491 e. The highest BCUT2D eigenvalue weighted by atomic mass is 19.1. The lowest BCUT2D eigenvalue weighted by Crippen LogP contribution is -2.25. The van der Waals surface area contributed by atoms with E-state index in [0.29, 0.717) is 11.5 Å². The highest BCUT2D eigenvalue weighted by Crippen LogP contribution is 2.17. The first-order chi connectivity index (χ1) is 11.2. The smallest absolute Gasteiger partial charge is 0.123 e. The first-order valence-corrected chi connectivity index (χ1v) is 7.11. The molecule has 0 saturated carbocycles. The van der Waals surface area contributed by atoms with Gasteiger partial charge in [-0.25, -0.2) is 4.39 Å². The first kappa shape index (κ1) is 15.2. The Kier molecular flexibility index (Phi) is 4.63. The van der Waals surface area contributed by atoms with Gasteiger partial charge in [-0.1, -0.05) is 0 Å². The highest BCUT2D eigenvalue weighted by molar-refractivity contribution is 5.75. The van der Waals surface area contributed by atoms with Crippen LogP contribution in [0, 0.1) is 5.82 Å². The number of hydrogen-bond acceptors (Lipinski definition) is 5. The number of aliphatic hydroxyl groups excluding tert-OH is 1. The quantitative estimate of drug-likeness (QED) is 0.757. The van der Waals surface area contributed by atoms with Gasteiger partial charge in [-0.3, -0.25) is 9.97 Å². The number of aromatic nitrogens is 2. The number of halogens is 1. The molecule has 1 heterocycles. The molecule has 1 N–H and O–H groups in total. The minimum atomic E-state index is -0.808. The molecule has 0 aliphatic rings. The minimum absolute atomic E-state index is 0.0546. The summed E-state index contributed by atoms with van der Waals surface area (Å²) in [5.74, 6) is 0.755. The molecule has 0 aliphatic carbocycles. The van der Waals surface area contributed by atoms with E-state index < -0.39 is 6.10 Å². The fourth-order valence-corrected chi connectivity index (χ4v) is 2.00. The van der Waals surface area contributed by atoms with Gasteiger partial charge in [0.1, 0.15) is 36.6 Å². The van der Waals surface area contributed by atoms with Crippen molar-refractivity contribution in [1.29, 1.82) is 0 Å². The van der Waals surface area contributed by atoms with Gasteiger partial charge in [-0.15, -0.1) is 0 Å². The Hall–Kier alpha value is -2.73. The normalized spacial score (nSPS) is 12.1. The molecule has 23 heavy (non-hydrogen) atoms. The van der Waals surface area contributed by atoms with Crippen LogP contribution in [0.25, 0.3) is 11.0 Å². The van der Waals surface area contributed by atoms with Crippen molar-refractivity contribution in [3.05, 3.63) is 60.7 Å². The predicted octanol–water partition coefficient (Wildman–Crippen LogP) is 2.59. The van der Waals surface area contributed by atoms with Gasteiger partial charge in [-0.05, 0) is 36.4 Å². The SMILES string of the molecule is OC(COc1ccc(F)cc1)COc1ccc2nccnc2c1. The molecule has 5 nitrogen and oxygen atoms in total. The lowest BCUT2D eigenvalue weighted by molar-refractivity contribution is 0.0626. The van der Waals surface area contributed by atoms with Gasteiger partial charge in [0.25, 0.3) is 0 Å². The topological polar surface area (TPSA) is 64.5 Å². The summed E-state index contributed by atoms with van der Waals surface area (Å²) in [6.07, 6.45) is 2.43. The van der Waals surface area contributed by atoms with Gasteiger partial charge in [-0.2, -0.15) is 0 Å². The van der Waals surface area contributed by atoms with Gasteiger partial charge in [0.05, 0.1) is 11.0 Å². The fraction of sp³-hybridized carbons (Fsp3) is 0.176. The van der Waals surface area contributed by atoms with Gasteiger partial charge < -0.3 is 14.6 Å². The molecule has 0 bridgehead atoms. The first-order valence-electron chi connectivity index (χ1n) is 7.11. The Morgan fingerprint density at radius 3 is 2.22 bits per heavy atom. The van der Waals surface area contributed by atoms with Gasteiger partial charge in [0.15, 0.2) is 0 Å². The molecule has 3 rings (SSSR count). The molecule has 1 unspecified atom stereocenters. The van der Waals surface area contributed by atoms with Crippen LogP contribution in [0.1, 0.15) is 0 Å². The van der Waals surface area contributed by atoms with Crippen LogP contribution in [0.15, 0.2) is 54.9 Å². The second-order valence-corrected chi connectivity index (χ2v) is 4.94. The maximum Gasteiger partial charge on any atom is 0.123 e. The summed E-state index contributed by atoms with van der Waals surface area (Å²) in [5, 5.41) is 9.89. The second kappa shape index (κ2) is 7.02. The molecule has 1 atom stereocenters. The summed E-state index contributed by atoms with van der Waals surface area (Å²) >= 11 is 0. The summed E-state index contributed by atoms with van der Waals surface area (Å²) in [6, 6.07) is 10.9. The lowest BCUT2D eigenvalue weighted by Gasteiger charge is -2.13. The van der Waals surface area contributed by atoms with Crippen LogP contribution in [0.5, 0.6) is 11.5 Å². The average molecular weight is 314 g/mol. The summed E-state index contributed by atoms with van der Waals surface area (Å²) in [5.41, 5.74) is 1.50. The molecule has 0 amide bonds. The number of aliphatic hydroxyl groups is 1. The highest BCUT2D eigenvalue weighted by Gasteiger charge is 2.07. The van der Waals surface area contributed by atoms with Crippen LogP contribution < -0.4 is 9.47 Å². The van der Waals surface area contributed by atoms with E-state index in [2.05, 4.69) is 9.97 Å². The zero-order chi connectivity index (χ0) is 16.1. The number of ether oxygens (including phenoxy) is 2. The summed E-state index contributed by atoms with van der Waals surface area (Å²) in [4.78, 5) is 8.36. The molecule has 0 spiro atoms. The monoisotopic (exact) mass is 314 g/mol. The molecular weight excluding hydrogens is 299 g/mol. The van der Waals surface area contributed by atoms with Crippen molar-refractivity contribution in [2.24, 2.45) is 0 Å². The van der Waals surface area contributed by atoms with Crippen molar-refractivity contribution in [3.63, 3.8) is 0 Å². The van der Waals surface area contributed by atoms with Gasteiger partial charge in [0, 0.05) is 18.5 Å². The van der Waals surface area contributed by atoms with E-state index in [0.717, 1.165) is 11.0 Å². The van der Waals surface area contributed by atoms with Crippen LogP contribution in [0.4, 0.5) is 4.39 Å². The summed E-state index contributed by atoms with van der Waals surface area (Å²) < 4.78 is 23.7. The average Bonchev–Trinajstić information content (AvgIpc) is 2.59. The zero-order valence-electron chi connectivity index (χ0n) is 12.2. The van der Waals surface area contributed by atoms with E-state index in [1.807, 2.05) is 0 Å². The standard InChI is InChI=1S/C17H15FN2O3/c18-12-1-3-14(4-2-12)22-10-13(21)11-23-15-5-6-16-17(9-15)20-8-7-19-16/h1-9,13,21H,10-11H2. The molecule has 1 aromatic heterocycles. The third kappa shape index (κ3) is 4.14. The van der Waals surface area contributed by atoms with Crippen LogP contribution in [-0.2, 0) is 0 Å². The fourth-order valence-electron chi connectivity index (χ4n) is 2.00. The molecule has 2 aromatic carbocycles. The second-order valence-electron chi connectivity index (χ2n) is 4.94. The molecule has 6 heteroatoms. The van der Waals surface area contributed by atoms with Crippen molar-refractivity contribution in [2.75, 3.05) is 13.2 Å². The lowest BCUT2D eigenvalue weighted by atomic mass is 10.3. The largest absolute Gasteiger partial charge is 0.491 e. The van der Waals surface area contributed by atoms with Crippen LogP contribution >= 0.6 is 0 Å². The van der Waals surface area contributed by atoms with Crippen molar-refractivity contribution >= 4 is 11.0 Å². The van der Waals surface area contributed by atoms with Crippen molar-refractivity contribution in [2.45, 2.75) is 6.10 Å². The number of rotatable bonds is 6. The Balaban J connectivity index is 1.51. The van der Waals surface area contributed by atoms with E-state index in [4.69, 9.17) is 9.47 Å². The molecule has 0 aliphatic heterocycles. The van der Waals surface area contributed by atoms with Crippen LogP contribution in [0.3, 0.4) is 0 Å². The Labute approximate surface area is 132 Å². The van der Waals surface area contributed by atoms with Crippen molar-refractivity contribution in [1.82, 2.24) is 9.97 Å². The maximum absolute atomic E-state index is 12.8. The summed E-state index contributed by atoms with van der Waals surface area (Å²) in [7, 11) is 0. The van der Waals surface area contributed by atoms with E-state index in [9.17, 15) is 9.50 Å². The molecule has 0 fully saturated rings.